The Bertz CT molecular complexity index is 2570. The van der Waals surface area contributed by atoms with E-state index in [4.69, 9.17) is 56.8 Å². The number of carbonyl (C=O) groups excluding carboxylic acids is 1. The van der Waals surface area contributed by atoms with Crippen molar-refractivity contribution in [2.75, 3.05) is 59.5 Å². The van der Waals surface area contributed by atoms with Gasteiger partial charge in [0.05, 0.1) is 51.8 Å². The highest BCUT2D eigenvalue weighted by atomic mass is 32.2. The maximum atomic E-state index is 11.1. The zero-order valence-electron chi connectivity index (χ0n) is 47.3. The van der Waals surface area contributed by atoms with E-state index in [0.29, 0.717) is 0 Å². The van der Waals surface area contributed by atoms with Crippen LogP contribution in [0.3, 0.4) is 0 Å². The highest BCUT2D eigenvalue weighted by Crippen LogP contribution is 2.40. The fraction of sp³-hybridized carbons (Fsp3) is 0.857. The molecule has 1 amide bonds. The molecule has 33 atom stereocenters. The minimum Gasteiger partial charge on any atom is -0.394 e. The Morgan fingerprint density at radius 3 is 1.13 bits per heavy atom. The Labute approximate surface area is 513 Å². The second-order valence-electron chi connectivity index (χ2n) is 22.1. The Kier molecular flexibility index (Phi) is 26.2. The molecule has 8 heterocycles. The minimum absolute atomic E-state index is 0.0648. The van der Waals surface area contributed by atoms with Crippen molar-refractivity contribution in [2.45, 2.75) is 207 Å². The lowest BCUT2D eigenvalue weighted by atomic mass is 9.97. The molecule has 41 nitrogen and oxygen atoms in total. The van der Waals surface area contributed by atoms with Crippen LogP contribution in [0.25, 0.3) is 0 Å². The molecular weight excluding hydrogens is 1270 g/mol. The lowest BCUT2D eigenvalue weighted by Crippen LogP contribution is -2.66. The van der Waals surface area contributed by atoms with E-state index in [1.54, 1.807) is 12.1 Å². The van der Waals surface area contributed by atoms with Gasteiger partial charge in [0.25, 0.3) is 15.9 Å². The summed E-state index contributed by atoms with van der Waals surface area (Å²) in [6.07, 6.45) is -54.1. The predicted octanol–water partition coefficient (Wildman–Crippen LogP) is -17.2. The number of amides is 1. The summed E-state index contributed by atoms with van der Waals surface area (Å²) in [6.45, 7) is -7.47. The van der Waals surface area contributed by atoms with Crippen LogP contribution in [0.2, 0.25) is 0 Å². The first-order valence-electron chi connectivity index (χ1n) is 27.9. The van der Waals surface area contributed by atoms with Crippen molar-refractivity contribution in [2.24, 2.45) is 0 Å². The van der Waals surface area contributed by atoms with E-state index in [-0.39, 0.29) is 10.5 Å². The number of benzene rings is 1. The molecule has 0 saturated carbocycles. The van der Waals surface area contributed by atoms with Crippen LogP contribution in [0, 0.1) is 0 Å². The van der Waals surface area contributed by atoms with Crippen LogP contribution in [0.1, 0.15) is 10.4 Å². The third kappa shape index (κ3) is 15.6. The lowest BCUT2D eigenvalue weighted by molar-refractivity contribution is -0.409. The van der Waals surface area contributed by atoms with Crippen LogP contribution in [-0.2, 0) is 66.9 Å². The van der Waals surface area contributed by atoms with Crippen molar-refractivity contribution in [3.63, 3.8) is 0 Å². The van der Waals surface area contributed by atoms with Gasteiger partial charge in [-0.2, -0.15) is 0 Å². The Morgan fingerprint density at radius 2 is 0.736 bits per heavy atom. The van der Waals surface area contributed by atoms with Gasteiger partial charge in [0.1, 0.15) is 177 Å². The molecule has 9 rings (SSSR count). The number of hydrogen-bond donors (Lipinski definition) is 26. The molecule has 2 unspecified atom stereocenters. The number of ether oxygens (including phenoxy) is 12. The average molecular weight is 1350 g/mol. The maximum absolute atomic E-state index is 11.1. The van der Waals surface area contributed by atoms with Crippen molar-refractivity contribution in [3.8, 4) is 0 Å². The van der Waals surface area contributed by atoms with Gasteiger partial charge in [-0.1, -0.05) is 12.1 Å². The van der Waals surface area contributed by atoms with Crippen LogP contribution < -0.4 is 4.72 Å². The van der Waals surface area contributed by atoms with E-state index in [9.17, 15) is 141 Å². The van der Waals surface area contributed by atoms with Gasteiger partial charge in [-0.3, -0.25) is 4.79 Å². The standard InChI is InChI=1S/C24H42O21.C18H32O16.C7H5NO3S/c25-1-6-10(29)14(33)17(36)21(40-6)39-4-9-12(31)15(34)18(37)22(42-9)43-19-16(35)11(30)7(2-26)41-23(19)45-24(5-28)20(38)13(32)8(3-27)44-24;19-1-5-8(22)11(25)13(27)16(31-5)30-3-7-9(23)12(26)14(28)17(32-7)34-18(4-21)15(29)10(24)6(2-20)33-18;9-7-5-3-1-2-4-6(5)12(10,11)8-7/h6-23,25-38H,1-5H2;5-17,19-29H,1-4H2;1-4H,(H,8,9)/t6-,7-,8-,9-,10+,11-,12+,13-,14+,15+,16+,17-,18-,19-,20+,21+,22-,23-,24+;5-,6-,7-,8+,9-,10-,11+,12+,13-,14-,15+,16?,17?,18+;/m11./s1. The van der Waals surface area contributed by atoms with Gasteiger partial charge in [0.2, 0.25) is 11.6 Å². The van der Waals surface area contributed by atoms with E-state index in [1.807, 2.05) is 4.72 Å². The van der Waals surface area contributed by atoms with Crippen LogP contribution >= 0.6 is 0 Å². The van der Waals surface area contributed by atoms with Gasteiger partial charge in [0.15, 0.2) is 31.5 Å². The summed E-state index contributed by atoms with van der Waals surface area (Å²) in [4.78, 5) is 11.1. The molecule has 0 radical (unpaired) electrons. The summed E-state index contributed by atoms with van der Waals surface area (Å²) in [7, 11) is -3.55. The topological polar surface area (TPSA) is 680 Å². The second-order valence-corrected chi connectivity index (χ2v) is 23.7. The first-order valence-corrected chi connectivity index (χ1v) is 29.4. The summed E-state index contributed by atoms with van der Waals surface area (Å²) in [5.41, 5.74) is 0.220. The molecule has 1 aromatic rings. The molecule has 42 heteroatoms. The largest absolute Gasteiger partial charge is 0.394 e. The molecule has 526 valence electrons. The molecule has 0 aliphatic carbocycles. The summed E-state index contributed by atoms with van der Waals surface area (Å²) in [5.74, 6) is -5.40. The van der Waals surface area contributed by atoms with Crippen molar-refractivity contribution in [1.29, 1.82) is 0 Å². The third-order valence-electron chi connectivity index (χ3n) is 16.1. The number of rotatable bonds is 19. The SMILES string of the molecule is O=C1NS(=O)(=O)c2ccccc21.OC[C@H]1OC(OC[C@H]2OC(O[C@]3(CO)O[C@H](CO)[C@@H](O)[C@@H]3O)[C@H](O)[C@@H](O)[C@@H]2O)[C@H](O)[C@@H](O)[C@H]1O.OC[C@H]1O[C@H](OC[C@H]2O[C@H](O[C@H]3[C@@H](O[C@]4(CO)O[C@H](CO)[C@@H](O)[C@@H]4O)O[C@H](CO)[C@@H](O)[C@@H]3O)[C@H](O)[C@@H](O)[C@H]2O)[C@H](O)[C@@H](O)[C@H]1O. The lowest BCUT2D eigenvalue weighted by Gasteiger charge is -2.47. The van der Waals surface area contributed by atoms with E-state index < -0.39 is 277 Å². The van der Waals surface area contributed by atoms with Gasteiger partial charge >= 0.3 is 0 Å². The first-order chi connectivity index (χ1) is 42.9. The number of carbonyl (C=O) groups is 1. The van der Waals surface area contributed by atoms with Gasteiger partial charge in [0, 0.05) is 0 Å². The predicted molar refractivity (Wildman–Crippen MR) is 276 cm³/mol. The molecule has 8 aliphatic heterocycles. The summed E-state index contributed by atoms with van der Waals surface area (Å²) >= 11 is 0. The number of sulfonamides is 1. The second kappa shape index (κ2) is 31.6. The van der Waals surface area contributed by atoms with E-state index in [0.717, 1.165) is 0 Å². The van der Waals surface area contributed by atoms with Crippen LogP contribution in [0.15, 0.2) is 29.2 Å². The minimum atomic E-state index is -3.55. The quantitative estimate of drug-likeness (QED) is 0.0611. The van der Waals surface area contributed by atoms with Crippen LogP contribution in [0.4, 0.5) is 0 Å². The molecule has 8 aliphatic rings. The fourth-order valence-corrected chi connectivity index (χ4v) is 11.8. The number of fused-ring (bicyclic) bond motifs is 1. The molecule has 0 bridgehead atoms. The van der Waals surface area contributed by atoms with Gasteiger partial charge in [-0.05, 0) is 12.1 Å². The Morgan fingerprint density at radius 1 is 0.396 bits per heavy atom. The number of aliphatic hydroxyl groups is 25. The molecule has 0 spiro atoms. The number of aliphatic hydroxyl groups excluding tert-OH is 25. The molecule has 91 heavy (non-hydrogen) atoms. The molecule has 26 N–H and O–H groups in total. The smallest absolute Gasteiger partial charge is 0.266 e. The Hall–Kier alpha value is -2.84. The van der Waals surface area contributed by atoms with Crippen LogP contribution in [0.5, 0.6) is 0 Å². The molecular formula is C49H79NO40S. The van der Waals surface area contributed by atoms with E-state index in [2.05, 4.69) is 0 Å². The van der Waals surface area contributed by atoms with Gasteiger partial charge in [-0.15, -0.1) is 0 Å². The van der Waals surface area contributed by atoms with Gasteiger partial charge in [-0.25, -0.2) is 13.1 Å². The van der Waals surface area contributed by atoms with Crippen LogP contribution in [-0.4, -0.2) is 403 Å². The van der Waals surface area contributed by atoms with Crippen molar-refractivity contribution in [1.82, 2.24) is 4.72 Å². The highest BCUT2D eigenvalue weighted by Gasteiger charge is 2.61. The highest BCUT2D eigenvalue weighted by molar-refractivity contribution is 7.90. The van der Waals surface area contributed by atoms with Crippen molar-refractivity contribution >= 4 is 15.9 Å². The zero-order chi connectivity index (χ0) is 67.5. The summed E-state index contributed by atoms with van der Waals surface area (Å²) < 4.78 is 88.7. The molecule has 0 aromatic heterocycles. The average Bonchev–Trinajstić information content (AvgIpc) is 1.80. The van der Waals surface area contributed by atoms with Crippen molar-refractivity contribution < 1.29 is 198 Å². The van der Waals surface area contributed by atoms with Crippen molar-refractivity contribution in [3.05, 3.63) is 29.8 Å². The third-order valence-corrected chi connectivity index (χ3v) is 17.5. The first kappa shape index (κ1) is 75.5. The molecule has 7 fully saturated rings. The van der Waals surface area contributed by atoms with E-state index >= 15 is 0 Å². The maximum Gasteiger partial charge on any atom is 0.266 e. The van der Waals surface area contributed by atoms with Gasteiger partial charge < -0.3 is 185 Å². The van der Waals surface area contributed by atoms with E-state index in [1.165, 1.54) is 12.1 Å². The fourth-order valence-electron chi connectivity index (χ4n) is 10.6. The monoisotopic (exact) mass is 1350 g/mol. The summed E-state index contributed by atoms with van der Waals surface area (Å²) in [6, 6.07) is 6.09. The summed E-state index contributed by atoms with van der Waals surface area (Å²) in [5, 5.41) is 251. The molecule has 7 saturated heterocycles. The zero-order valence-corrected chi connectivity index (χ0v) is 48.1. The molecule has 1 aromatic carbocycles. The number of hydrogen-bond acceptors (Lipinski definition) is 40. The normalized spacial score (nSPS) is 48.0. The Balaban J connectivity index is 0.000000223. The number of nitrogens with one attached hydrogen (secondary N) is 1.